The van der Waals surface area contributed by atoms with Gasteiger partial charge in [-0.25, -0.2) is 4.79 Å². The summed E-state index contributed by atoms with van der Waals surface area (Å²) >= 11 is 0. The molecule has 0 spiro atoms. The number of urea groups is 1. The van der Waals surface area contributed by atoms with Gasteiger partial charge in [0.15, 0.2) is 5.78 Å². The van der Waals surface area contributed by atoms with Gasteiger partial charge in [0.2, 0.25) is 0 Å². The number of nitrogens with one attached hydrogen (secondary N) is 1. The minimum absolute atomic E-state index is 0.00369. The molecule has 1 aromatic rings. The van der Waals surface area contributed by atoms with Crippen molar-refractivity contribution < 1.29 is 14.7 Å². The van der Waals surface area contributed by atoms with Gasteiger partial charge in [-0.05, 0) is 43.5 Å². The van der Waals surface area contributed by atoms with Crippen LogP contribution in [0.15, 0.2) is 24.3 Å². The molecule has 0 saturated carbocycles. The number of likely N-dealkylation sites (tertiary alicyclic amines) is 1. The molecule has 5 nitrogen and oxygen atoms in total. The molecule has 1 aromatic carbocycles. The summed E-state index contributed by atoms with van der Waals surface area (Å²) < 4.78 is 0. The standard InChI is InChI=1S/C15H20N2O3/c1-10-7-8-17(9-14(10)19)15(20)16-13-5-3-12(4-6-13)11(2)18/h3-6,10,14,19H,7-9H2,1-2H3,(H,16,20). The molecule has 0 aliphatic carbocycles. The third-order valence-electron chi connectivity index (χ3n) is 3.75. The van der Waals surface area contributed by atoms with E-state index in [2.05, 4.69) is 5.32 Å². The first-order valence-electron chi connectivity index (χ1n) is 6.82. The van der Waals surface area contributed by atoms with Crippen molar-refractivity contribution in [2.45, 2.75) is 26.4 Å². The van der Waals surface area contributed by atoms with E-state index in [0.717, 1.165) is 6.42 Å². The molecule has 20 heavy (non-hydrogen) atoms. The lowest BCUT2D eigenvalue weighted by Gasteiger charge is -2.34. The normalized spacial score (nSPS) is 22.4. The fourth-order valence-corrected chi connectivity index (χ4v) is 2.22. The van der Waals surface area contributed by atoms with Crippen LogP contribution in [0.1, 0.15) is 30.6 Å². The Morgan fingerprint density at radius 3 is 2.50 bits per heavy atom. The van der Waals surface area contributed by atoms with Crippen molar-refractivity contribution in [2.75, 3.05) is 18.4 Å². The van der Waals surface area contributed by atoms with Crippen molar-refractivity contribution >= 4 is 17.5 Å². The average Bonchev–Trinajstić information content (AvgIpc) is 2.42. The fraction of sp³-hybridized carbons (Fsp3) is 0.467. The SMILES string of the molecule is CC(=O)c1ccc(NC(=O)N2CCC(C)C(O)C2)cc1. The number of piperidine rings is 1. The lowest BCUT2D eigenvalue weighted by molar-refractivity contribution is 0.0464. The Balaban J connectivity index is 1.96. The Bertz CT molecular complexity index is 498. The number of hydrogen-bond donors (Lipinski definition) is 2. The number of ketones is 1. The van der Waals surface area contributed by atoms with Gasteiger partial charge in [0, 0.05) is 24.3 Å². The van der Waals surface area contributed by atoms with Crippen molar-refractivity contribution in [3.8, 4) is 0 Å². The van der Waals surface area contributed by atoms with Gasteiger partial charge in [-0.3, -0.25) is 4.79 Å². The van der Waals surface area contributed by atoms with Crippen LogP contribution >= 0.6 is 0 Å². The summed E-state index contributed by atoms with van der Waals surface area (Å²) in [7, 11) is 0. The van der Waals surface area contributed by atoms with E-state index in [1.54, 1.807) is 29.2 Å². The predicted octanol–water partition coefficient (Wildman–Crippen LogP) is 2.12. The zero-order valence-electron chi connectivity index (χ0n) is 11.8. The van der Waals surface area contributed by atoms with Gasteiger partial charge in [-0.15, -0.1) is 0 Å². The topological polar surface area (TPSA) is 69.6 Å². The summed E-state index contributed by atoms with van der Waals surface area (Å²) in [4.78, 5) is 24.9. The zero-order chi connectivity index (χ0) is 14.7. The minimum Gasteiger partial charge on any atom is -0.391 e. The van der Waals surface area contributed by atoms with Gasteiger partial charge < -0.3 is 15.3 Å². The molecule has 0 bridgehead atoms. The summed E-state index contributed by atoms with van der Waals surface area (Å²) in [5.74, 6) is 0.227. The molecule has 0 radical (unpaired) electrons. The molecule has 108 valence electrons. The lowest BCUT2D eigenvalue weighted by Crippen LogP contribution is -2.47. The van der Waals surface area contributed by atoms with E-state index in [0.29, 0.717) is 24.3 Å². The molecule has 1 saturated heterocycles. The van der Waals surface area contributed by atoms with Crippen LogP contribution in [0.3, 0.4) is 0 Å². The van der Waals surface area contributed by atoms with E-state index in [4.69, 9.17) is 0 Å². The molecule has 2 atom stereocenters. The number of carbonyl (C=O) groups excluding carboxylic acids is 2. The number of β-amino-alcohol motifs (C(OH)–C–C–N with tert-alkyl or cyclic N) is 1. The Labute approximate surface area is 118 Å². The Hall–Kier alpha value is -1.88. The molecule has 1 heterocycles. The summed E-state index contributed by atoms with van der Waals surface area (Å²) in [6.45, 7) is 4.50. The van der Waals surface area contributed by atoms with Crippen LogP contribution in [0, 0.1) is 5.92 Å². The van der Waals surface area contributed by atoms with Crippen molar-refractivity contribution in [3.05, 3.63) is 29.8 Å². The van der Waals surface area contributed by atoms with Crippen LogP contribution in [0.2, 0.25) is 0 Å². The van der Waals surface area contributed by atoms with Gasteiger partial charge >= 0.3 is 6.03 Å². The van der Waals surface area contributed by atoms with Crippen LogP contribution in [0.25, 0.3) is 0 Å². The summed E-state index contributed by atoms with van der Waals surface area (Å²) in [6, 6.07) is 6.57. The number of benzene rings is 1. The maximum atomic E-state index is 12.1. The first kappa shape index (κ1) is 14.5. The number of aliphatic hydroxyl groups excluding tert-OH is 1. The second-order valence-corrected chi connectivity index (χ2v) is 5.34. The average molecular weight is 276 g/mol. The highest BCUT2D eigenvalue weighted by molar-refractivity contribution is 5.95. The molecule has 0 aromatic heterocycles. The van der Waals surface area contributed by atoms with Crippen LogP contribution in [0.4, 0.5) is 10.5 Å². The summed E-state index contributed by atoms with van der Waals surface area (Å²) in [6.07, 6.45) is 0.340. The van der Waals surface area contributed by atoms with E-state index >= 15 is 0 Å². The molecule has 1 fully saturated rings. The number of amides is 2. The first-order valence-corrected chi connectivity index (χ1v) is 6.82. The largest absolute Gasteiger partial charge is 0.391 e. The van der Waals surface area contributed by atoms with E-state index < -0.39 is 6.10 Å². The molecule has 2 rings (SSSR count). The monoisotopic (exact) mass is 276 g/mol. The number of Topliss-reactive ketones (excluding diaryl/α,β-unsaturated/α-hetero) is 1. The third kappa shape index (κ3) is 3.36. The molecule has 1 aliphatic rings. The number of aliphatic hydroxyl groups is 1. The maximum absolute atomic E-state index is 12.1. The highest BCUT2D eigenvalue weighted by Gasteiger charge is 2.27. The molecule has 2 unspecified atom stereocenters. The van der Waals surface area contributed by atoms with Crippen molar-refractivity contribution in [1.82, 2.24) is 4.90 Å². The zero-order valence-corrected chi connectivity index (χ0v) is 11.8. The highest BCUT2D eigenvalue weighted by Crippen LogP contribution is 2.18. The van der Waals surface area contributed by atoms with Crippen molar-refractivity contribution in [2.24, 2.45) is 5.92 Å². The Morgan fingerprint density at radius 1 is 1.30 bits per heavy atom. The van der Waals surface area contributed by atoms with Gasteiger partial charge in [0.25, 0.3) is 0 Å². The molecule has 1 aliphatic heterocycles. The van der Waals surface area contributed by atoms with Gasteiger partial charge in [0.05, 0.1) is 6.10 Å². The van der Waals surface area contributed by atoms with Crippen LogP contribution < -0.4 is 5.32 Å². The van der Waals surface area contributed by atoms with Crippen LogP contribution in [-0.4, -0.2) is 41.0 Å². The smallest absolute Gasteiger partial charge is 0.321 e. The minimum atomic E-state index is -0.463. The number of nitrogens with zero attached hydrogens (tertiary/aromatic N) is 1. The van der Waals surface area contributed by atoms with E-state index in [-0.39, 0.29) is 17.7 Å². The van der Waals surface area contributed by atoms with Crippen LogP contribution in [0.5, 0.6) is 0 Å². The number of hydrogen-bond acceptors (Lipinski definition) is 3. The first-order chi connectivity index (χ1) is 9.47. The fourth-order valence-electron chi connectivity index (χ4n) is 2.22. The number of rotatable bonds is 2. The Kier molecular flexibility index (Phi) is 4.39. The lowest BCUT2D eigenvalue weighted by atomic mass is 9.96. The van der Waals surface area contributed by atoms with E-state index in [1.165, 1.54) is 6.92 Å². The summed E-state index contributed by atoms with van der Waals surface area (Å²) in [5.41, 5.74) is 1.26. The van der Waals surface area contributed by atoms with Crippen molar-refractivity contribution in [3.63, 3.8) is 0 Å². The van der Waals surface area contributed by atoms with Gasteiger partial charge in [0.1, 0.15) is 0 Å². The number of carbonyl (C=O) groups is 2. The molecule has 2 N–H and O–H groups in total. The van der Waals surface area contributed by atoms with Crippen molar-refractivity contribution in [1.29, 1.82) is 0 Å². The third-order valence-corrected chi connectivity index (χ3v) is 3.75. The molecular formula is C15H20N2O3. The van der Waals surface area contributed by atoms with Gasteiger partial charge in [-0.1, -0.05) is 6.92 Å². The highest BCUT2D eigenvalue weighted by atomic mass is 16.3. The van der Waals surface area contributed by atoms with E-state index in [1.807, 2.05) is 6.92 Å². The van der Waals surface area contributed by atoms with Gasteiger partial charge in [-0.2, -0.15) is 0 Å². The molecule has 2 amide bonds. The maximum Gasteiger partial charge on any atom is 0.321 e. The van der Waals surface area contributed by atoms with Crippen LogP contribution in [-0.2, 0) is 0 Å². The Morgan fingerprint density at radius 2 is 1.95 bits per heavy atom. The van der Waals surface area contributed by atoms with E-state index in [9.17, 15) is 14.7 Å². The molecule has 5 heteroatoms. The second kappa shape index (κ2) is 6.05. The second-order valence-electron chi connectivity index (χ2n) is 5.34. The molecular weight excluding hydrogens is 256 g/mol. The summed E-state index contributed by atoms with van der Waals surface area (Å²) in [5, 5.41) is 12.6. The predicted molar refractivity (Wildman–Crippen MR) is 76.8 cm³/mol. The quantitative estimate of drug-likeness (QED) is 0.813. The number of anilines is 1.